The van der Waals surface area contributed by atoms with E-state index in [4.69, 9.17) is 0 Å². The molecule has 0 aromatic carbocycles. The maximum atomic E-state index is 11.6. The molecule has 0 saturated heterocycles. The maximum absolute atomic E-state index is 11.6. The smallest absolute Gasteiger partial charge is 0.305 e. The number of aliphatic hydroxyl groups is 1. The normalized spacial score (nSPS) is 13.1. The van der Waals surface area contributed by atoms with Gasteiger partial charge in [0.1, 0.15) is 5.78 Å². The Labute approximate surface area is 152 Å². The van der Waals surface area contributed by atoms with E-state index in [0.29, 0.717) is 38.5 Å². The standard InChI is InChI=1S/C21H34O4/c1-3-4-5-6-7-10-14-19(22)15-11-8-9-12-16-20(23)17-13-18-21(24)25-2/h7-11,15,19,22H,3-6,12-14,16-18H2,1-2H3/b9-8+,10-7-,15-11+/t19-/m0/s1. The summed E-state index contributed by atoms with van der Waals surface area (Å²) in [4.78, 5) is 22.5. The summed E-state index contributed by atoms with van der Waals surface area (Å²) in [6.07, 6.45) is 18.9. The summed E-state index contributed by atoms with van der Waals surface area (Å²) in [5, 5.41) is 9.80. The molecule has 0 radical (unpaired) electrons. The van der Waals surface area contributed by atoms with Crippen LogP contribution in [0.4, 0.5) is 0 Å². The topological polar surface area (TPSA) is 63.6 Å². The first-order valence-electron chi connectivity index (χ1n) is 9.35. The molecule has 142 valence electrons. The number of Topliss-reactive ketones (excluding diaryl/α,β-unsaturated/α-hetero) is 1. The van der Waals surface area contributed by atoms with Gasteiger partial charge in [0.15, 0.2) is 0 Å². The molecule has 0 rings (SSSR count). The van der Waals surface area contributed by atoms with Gasteiger partial charge in [0.2, 0.25) is 0 Å². The Hall–Kier alpha value is -1.68. The molecule has 0 spiro atoms. The van der Waals surface area contributed by atoms with Gasteiger partial charge in [0, 0.05) is 19.3 Å². The number of ether oxygens (including phenoxy) is 1. The van der Waals surface area contributed by atoms with Gasteiger partial charge >= 0.3 is 5.97 Å². The first kappa shape index (κ1) is 23.3. The maximum Gasteiger partial charge on any atom is 0.305 e. The summed E-state index contributed by atoms with van der Waals surface area (Å²) in [5.41, 5.74) is 0. The van der Waals surface area contributed by atoms with Crippen molar-refractivity contribution in [2.45, 2.75) is 77.2 Å². The van der Waals surface area contributed by atoms with Crippen LogP contribution in [0.1, 0.15) is 71.1 Å². The summed E-state index contributed by atoms with van der Waals surface area (Å²) >= 11 is 0. The van der Waals surface area contributed by atoms with Crippen LogP contribution in [-0.4, -0.2) is 30.1 Å². The van der Waals surface area contributed by atoms with E-state index >= 15 is 0 Å². The lowest BCUT2D eigenvalue weighted by atomic mass is 10.1. The van der Waals surface area contributed by atoms with Crippen LogP contribution in [0.25, 0.3) is 0 Å². The predicted octanol–water partition coefficient (Wildman–Crippen LogP) is 4.68. The average molecular weight is 350 g/mol. The Morgan fingerprint density at radius 2 is 1.76 bits per heavy atom. The van der Waals surface area contributed by atoms with E-state index in [1.807, 2.05) is 24.3 Å². The molecular formula is C21H34O4. The number of esters is 1. The van der Waals surface area contributed by atoms with Gasteiger partial charge in [-0.2, -0.15) is 0 Å². The van der Waals surface area contributed by atoms with Gasteiger partial charge in [-0.15, -0.1) is 0 Å². The van der Waals surface area contributed by atoms with Crippen LogP contribution >= 0.6 is 0 Å². The zero-order valence-corrected chi connectivity index (χ0v) is 15.8. The number of ketones is 1. The van der Waals surface area contributed by atoms with Crippen molar-refractivity contribution in [2.24, 2.45) is 0 Å². The number of rotatable bonds is 15. The molecule has 0 aliphatic rings. The van der Waals surface area contributed by atoms with E-state index in [9.17, 15) is 14.7 Å². The lowest BCUT2D eigenvalue weighted by Gasteiger charge is -2.00. The average Bonchev–Trinajstić information content (AvgIpc) is 2.60. The Kier molecular flexibility index (Phi) is 16.0. The molecule has 0 amide bonds. The fourth-order valence-electron chi connectivity index (χ4n) is 2.21. The van der Waals surface area contributed by atoms with Crippen LogP contribution in [0.5, 0.6) is 0 Å². The van der Waals surface area contributed by atoms with Crippen LogP contribution in [0.3, 0.4) is 0 Å². The third kappa shape index (κ3) is 16.9. The number of unbranched alkanes of at least 4 members (excludes halogenated alkanes) is 3. The van der Waals surface area contributed by atoms with Crippen LogP contribution < -0.4 is 0 Å². The number of hydrogen-bond donors (Lipinski definition) is 1. The number of methoxy groups -OCH3 is 1. The summed E-state index contributed by atoms with van der Waals surface area (Å²) in [5.74, 6) is -0.113. The molecule has 1 N–H and O–H groups in total. The van der Waals surface area contributed by atoms with E-state index in [0.717, 1.165) is 6.42 Å². The third-order valence-corrected chi connectivity index (χ3v) is 3.75. The van der Waals surface area contributed by atoms with Gasteiger partial charge in [-0.25, -0.2) is 0 Å². The molecule has 25 heavy (non-hydrogen) atoms. The number of carbonyl (C=O) groups is 2. The number of carbonyl (C=O) groups excluding carboxylic acids is 2. The van der Waals surface area contributed by atoms with Gasteiger partial charge < -0.3 is 9.84 Å². The molecule has 0 unspecified atom stereocenters. The van der Waals surface area contributed by atoms with Crippen molar-refractivity contribution < 1.29 is 19.4 Å². The highest BCUT2D eigenvalue weighted by atomic mass is 16.5. The highest BCUT2D eigenvalue weighted by Gasteiger charge is 2.04. The second-order valence-electron chi connectivity index (χ2n) is 6.09. The van der Waals surface area contributed by atoms with Crippen molar-refractivity contribution in [3.05, 3.63) is 36.5 Å². The predicted molar refractivity (Wildman–Crippen MR) is 102 cm³/mol. The lowest BCUT2D eigenvalue weighted by molar-refractivity contribution is -0.140. The van der Waals surface area contributed by atoms with E-state index in [1.165, 1.54) is 26.4 Å². The van der Waals surface area contributed by atoms with Gasteiger partial charge in [0.05, 0.1) is 13.2 Å². The fraction of sp³-hybridized carbons (Fsp3) is 0.619. The minimum absolute atomic E-state index is 0.158. The Bertz CT molecular complexity index is 435. The molecule has 0 heterocycles. The SMILES string of the molecule is CCCCC/C=C\C[C@H](O)/C=C/C=C/CCC(=O)CCCC(=O)OC. The highest BCUT2D eigenvalue weighted by molar-refractivity contribution is 5.79. The number of aliphatic hydroxyl groups excluding tert-OH is 1. The monoisotopic (exact) mass is 350 g/mol. The first-order chi connectivity index (χ1) is 12.1. The number of allylic oxidation sites excluding steroid dienone is 4. The van der Waals surface area contributed by atoms with Crippen molar-refractivity contribution in [1.29, 1.82) is 0 Å². The lowest BCUT2D eigenvalue weighted by Crippen LogP contribution is -2.02. The molecule has 0 fully saturated rings. The zero-order chi connectivity index (χ0) is 18.8. The minimum atomic E-state index is -0.466. The molecule has 4 heteroatoms. The molecule has 0 saturated carbocycles. The van der Waals surface area contributed by atoms with Crippen LogP contribution in [0, 0.1) is 0 Å². The Balaban J connectivity index is 3.69. The van der Waals surface area contributed by atoms with Crippen molar-refractivity contribution >= 4 is 11.8 Å². The molecule has 0 bridgehead atoms. The molecule has 0 aliphatic heterocycles. The van der Waals surface area contributed by atoms with E-state index in [1.54, 1.807) is 6.08 Å². The highest BCUT2D eigenvalue weighted by Crippen LogP contribution is 2.04. The fourth-order valence-corrected chi connectivity index (χ4v) is 2.21. The molecule has 0 aromatic rings. The van der Waals surface area contributed by atoms with Crippen molar-refractivity contribution in [2.75, 3.05) is 7.11 Å². The van der Waals surface area contributed by atoms with Crippen molar-refractivity contribution in [3.63, 3.8) is 0 Å². The summed E-state index contributed by atoms with van der Waals surface area (Å²) in [6.45, 7) is 2.19. The molecular weight excluding hydrogens is 316 g/mol. The van der Waals surface area contributed by atoms with Crippen molar-refractivity contribution in [1.82, 2.24) is 0 Å². The molecule has 0 aliphatic carbocycles. The van der Waals surface area contributed by atoms with Gasteiger partial charge in [-0.3, -0.25) is 9.59 Å². The quantitative estimate of drug-likeness (QED) is 0.202. The van der Waals surface area contributed by atoms with Gasteiger partial charge in [0.25, 0.3) is 0 Å². The van der Waals surface area contributed by atoms with E-state index < -0.39 is 6.10 Å². The molecule has 0 aromatic heterocycles. The van der Waals surface area contributed by atoms with Crippen LogP contribution in [-0.2, 0) is 14.3 Å². The Morgan fingerprint density at radius 3 is 2.48 bits per heavy atom. The second-order valence-corrected chi connectivity index (χ2v) is 6.09. The van der Waals surface area contributed by atoms with Crippen LogP contribution in [0.2, 0.25) is 0 Å². The second kappa shape index (κ2) is 17.2. The summed E-state index contributed by atoms with van der Waals surface area (Å²) in [6, 6.07) is 0. The summed E-state index contributed by atoms with van der Waals surface area (Å²) < 4.78 is 4.53. The van der Waals surface area contributed by atoms with E-state index in [-0.39, 0.29) is 11.8 Å². The summed E-state index contributed by atoms with van der Waals surface area (Å²) in [7, 11) is 1.35. The molecule has 1 atom stereocenters. The van der Waals surface area contributed by atoms with Crippen LogP contribution in [0.15, 0.2) is 36.5 Å². The first-order valence-corrected chi connectivity index (χ1v) is 9.35. The largest absolute Gasteiger partial charge is 0.469 e. The van der Waals surface area contributed by atoms with Gasteiger partial charge in [-0.1, -0.05) is 56.2 Å². The zero-order valence-electron chi connectivity index (χ0n) is 15.8. The number of hydrogen-bond acceptors (Lipinski definition) is 4. The van der Waals surface area contributed by atoms with Gasteiger partial charge in [-0.05, 0) is 32.1 Å². The van der Waals surface area contributed by atoms with Crippen molar-refractivity contribution in [3.8, 4) is 0 Å². The molecule has 4 nitrogen and oxygen atoms in total. The Morgan fingerprint density at radius 1 is 0.960 bits per heavy atom. The third-order valence-electron chi connectivity index (χ3n) is 3.75. The van der Waals surface area contributed by atoms with E-state index in [2.05, 4.69) is 17.7 Å². The minimum Gasteiger partial charge on any atom is -0.469 e.